The Morgan fingerprint density at radius 3 is 2.71 bits per heavy atom. The molecule has 2 aliphatic rings. The van der Waals surface area contributed by atoms with Crippen LogP contribution in [0.1, 0.15) is 17.7 Å². The molecule has 3 aromatic rings. The molecule has 0 aliphatic carbocycles. The second-order valence-electron chi connectivity index (χ2n) is 8.69. The van der Waals surface area contributed by atoms with Crippen LogP contribution in [0.25, 0.3) is 21.6 Å². The van der Waals surface area contributed by atoms with Gasteiger partial charge in [0.25, 0.3) is 0 Å². The summed E-state index contributed by atoms with van der Waals surface area (Å²) in [5.74, 6) is 1.67. The molecule has 0 spiro atoms. The number of morpholine rings is 1. The van der Waals surface area contributed by atoms with Crippen molar-refractivity contribution in [2.45, 2.75) is 25.4 Å². The average Bonchev–Trinajstić information content (AvgIpc) is 3.21. The van der Waals surface area contributed by atoms with E-state index in [0.717, 1.165) is 55.1 Å². The molecule has 0 saturated carbocycles. The molecule has 2 fully saturated rings. The molecule has 0 radical (unpaired) electrons. The number of likely N-dealkylation sites (tertiary alicyclic amines) is 1. The third kappa shape index (κ3) is 5.44. The van der Waals surface area contributed by atoms with Crippen LogP contribution in [0.4, 0.5) is 11.8 Å². The fourth-order valence-corrected chi connectivity index (χ4v) is 6.39. The van der Waals surface area contributed by atoms with E-state index in [1.807, 2.05) is 0 Å². The van der Waals surface area contributed by atoms with Gasteiger partial charge in [-0.2, -0.15) is 0 Å². The number of nitrogens with zero attached hydrogens (tertiary/aromatic N) is 6. The van der Waals surface area contributed by atoms with Crippen LogP contribution in [0.3, 0.4) is 0 Å². The summed E-state index contributed by atoms with van der Waals surface area (Å²) in [5.41, 5.74) is 7.24. The van der Waals surface area contributed by atoms with E-state index in [9.17, 15) is 8.42 Å². The Balaban J connectivity index is 1.45. The number of aromatic nitrogens is 4. The molecular formula is C21H28N8O3S2. The zero-order valence-electron chi connectivity index (χ0n) is 19.0. The van der Waals surface area contributed by atoms with Crippen molar-refractivity contribution in [3.63, 3.8) is 0 Å². The van der Waals surface area contributed by atoms with Crippen LogP contribution >= 0.6 is 11.3 Å². The highest BCUT2D eigenvalue weighted by molar-refractivity contribution is 7.88. The molecule has 13 heteroatoms. The lowest BCUT2D eigenvalue weighted by atomic mass is 10.1. The minimum atomic E-state index is -3.22. The summed E-state index contributed by atoms with van der Waals surface area (Å²) in [5, 5.41) is 0. The number of nitrogens with two attached hydrogens (primary N) is 1. The number of nitrogen functional groups attached to an aromatic ring is 1. The predicted molar refractivity (Wildman–Crippen MR) is 132 cm³/mol. The highest BCUT2D eigenvalue weighted by atomic mass is 32.2. The molecule has 11 nitrogen and oxygen atoms in total. The van der Waals surface area contributed by atoms with E-state index in [0.29, 0.717) is 31.1 Å². The molecule has 3 aromatic heterocycles. The molecule has 182 valence electrons. The number of fused-ring (bicyclic) bond motifs is 1. The molecule has 0 amide bonds. The zero-order valence-corrected chi connectivity index (χ0v) is 20.6. The molecular weight excluding hydrogens is 476 g/mol. The van der Waals surface area contributed by atoms with Gasteiger partial charge in [-0.05, 0) is 25.5 Å². The molecule has 34 heavy (non-hydrogen) atoms. The van der Waals surface area contributed by atoms with Gasteiger partial charge in [0.15, 0.2) is 11.6 Å². The molecule has 5 rings (SSSR count). The first-order chi connectivity index (χ1) is 16.3. The minimum Gasteiger partial charge on any atom is -0.378 e. The number of ether oxygens (including phenoxy) is 1. The molecule has 2 aliphatic heterocycles. The first-order valence-electron chi connectivity index (χ1n) is 11.2. The summed E-state index contributed by atoms with van der Waals surface area (Å²) in [7, 11) is -3.22. The maximum absolute atomic E-state index is 11.7. The summed E-state index contributed by atoms with van der Waals surface area (Å²) in [6, 6.07) is 2.06. The van der Waals surface area contributed by atoms with Crippen LogP contribution in [0.15, 0.2) is 18.5 Å². The Morgan fingerprint density at radius 2 is 1.97 bits per heavy atom. The largest absolute Gasteiger partial charge is 0.378 e. The Bertz CT molecular complexity index is 1260. The van der Waals surface area contributed by atoms with Gasteiger partial charge in [-0.3, -0.25) is 4.90 Å². The molecule has 0 bridgehead atoms. The summed E-state index contributed by atoms with van der Waals surface area (Å²) in [6.45, 7) is 5.22. The SMILES string of the molecule is CS(=O)(=O)NC1CCCN(Cc2cc3nc(-c4cnc(N)nc4)nc(N4CCOCC4)c3s2)C1. The maximum Gasteiger partial charge on any atom is 0.219 e. The minimum absolute atomic E-state index is 0.0565. The van der Waals surface area contributed by atoms with Crippen molar-refractivity contribution in [1.29, 1.82) is 0 Å². The Morgan fingerprint density at radius 1 is 1.21 bits per heavy atom. The van der Waals surface area contributed by atoms with Gasteiger partial charge in [-0.15, -0.1) is 11.3 Å². The summed E-state index contributed by atoms with van der Waals surface area (Å²) >= 11 is 1.69. The molecule has 3 N–H and O–H groups in total. The number of anilines is 2. The lowest BCUT2D eigenvalue weighted by Gasteiger charge is -2.32. The van der Waals surface area contributed by atoms with Crippen molar-refractivity contribution >= 4 is 43.3 Å². The summed E-state index contributed by atoms with van der Waals surface area (Å²) in [4.78, 5) is 23.6. The van der Waals surface area contributed by atoms with Crippen LogP contribution in [0.5, 0.6) is 0 Å². The highest BCUT2D eigenvalue weighted by Gasteiger charge is 2.24. The van der Waals surface area contributed by atoms with Gasteiger partial charge in [-0.25, -0.2) is 33.1 Å². The lowest BCUT2D eigenvalue weighted by Crippen LogP contribution is -2.46. The molecule has 1 unspecified atom stereocenters. The predicted octanol–water partition coefficient (Wildman–Crippen LogP) is 1.08. The van der Waals surface area contributed by atoms with E-state index >= 15 is 0 Å². The Kier molecular flexibility index (Phi) is 6.62. The van der Waals surface area contributed by atoms with E-state index in [4.69, 9.17) is 20.4 Å². The number of piperidine rings is 1. The van der Waals surface area contributed by atoms with Crippen LogP contribution in [0, 0.1) is 0 Å². The fourth-order valence-electron chi connectivity index (χ4n) is 4.43. The van der Waals surface area contributed by atoms with Gasteiger partial charge >= 0.3 is 0 Å². The van der Waals surface area contributed by atoms with Crippen molar-refractivity contribution in [2.24, 2.45) is 0 Å². The standard InChI is InChI=1S/C21H28N8O3S2/c1-34(30,31)27-15-3-2-4-28(12-15)13-16-9-17-18(33-16)20(29-5-7-32-8-6-29)26-19(25-17)14-10-23-21(22)24-11-14/h9-11,15,27H,2-8,12-13H2,1H3,(H2,22,23,24). The van der Waals surface area contributed by atoms with Gasteiger partial charge in [0, 0.05) is 49.5 Å². The van der Waals surface area contributed by atoms with Gasteiger partial charge in [0.1, 0.15) is 0 Å². The Labute approximate surface area is 202 Å². The number of sulfonamides is 1. The number of hydrogen-bond donors (Lipinski definition) is 2. The van der Waals surface area contributed by atoms with Crippen LogP contribution in [0.2, 0.25) is 0 Å². The third-order valence-corrected chi connectivity index (χ3v) is 7.78. The van der Waals surface area contributed by atoms with E-state index in [2.05, 4.69) is 30.6 Å². The smallest absolute Gasteiger partial charge is 0.219 e. The van der Waals surface area contributed by atoms with Crippen LogP contribution in [-0.4, -0.2) is 84.9 Å². The quantitative estimate of drug-likeness (QED) is 0.501. The van der Waals surface area contributed by atoms with E-state index in [-0.39, 0.29) is 12.0 Å². The number of rotatable bonds is 6. The highest BCUT2D eigenvalue weighted by Crippen LogP contribution is 2.35. The summed E-state index contributed by atoms with van der Waals surface area (Å²) < 4.78 is 32.7. The number of hydrogen-bond acceptors (Lipinski definition) is 11. The third-order valence-electron chi connectivity index (χ3n) is 5.91. The number of nitrogens with one attached hydrogen (secondary N) is 1. The maximum atomic E-state index is 11.7. The van der Waals surface area contributed by atoms with Gasteiger partial charge in [0.2, 0.25) is 16.0 Å². The van der Waals surface area contributed by atoms with Crippen molar-refractivity contribution in [3.8, 4) is 11.4 Å². The first kappa shape index (κ1) is 23.3. The van der Waals surface area contributed by atoms with E-state index in [1.165, 1.54) is 11.1 Å². The summed E-state index contributed by atoms with van der Waals surface area (Å²) in [6.07, 6.45) is 6.31. The fraction of sp³-hybridized carbons (Fsp3) is 0.524. The first-order valence-corrected chi connectivity index (χ1v) is 14.0. The van der Waals surface area contributed by atoms with Crippen molar-refractivity contribution < 1.29 is 13.2 Å². The van der Waals surface area contributed by atoms with Gasteiger partial charge in [0.05, 0.1) is 35.2 Å². The van der Waals surface area contributed by atoms with Crippen molar-refractivity contribution in [1.82, 2.24) is 29.6 Å². The second-order valence-corrected chi connectivity index (χ2v) is 11.6. The second kappa shape index (κ2) is 9.66. The van der Waals surface area contributed by atoms with Crippen molar-refractivity contribution in [2.75, 3.05) is 56.3 Å². The van der Waals surface area contributed by atoms with Crippen LogP contribution in [-0.2, 0) is 21.3 Å². The monoisotopic (exact) mass is 504 g/mol. The van der Waals surface area contributed by atoms with Crippen LogP contribution < -0.4 is 15.4 Å². The number of thiophene rings is 1. The lowest BCUT2D eigenvalue weighted by molar-refractivity contribution is 0.122. The molecule has 5 heterocycles. The average molecular weight is 505 g/mol. The van der Waals surface area contributed by atoms with E-state index in [1.54, 1.807) is 23.7 Å². The van der Waals surface area contributed by atoms with Gasteiger partial charge in [-0.1, -0.05) is 0 Å². The van der Waals surface area contributed by atoms with E-state index < -0.39 is 10.0 Å². The molecule has 1 atom stereocenters. The zero-order chi connectivity index (χ0) is 23.7. The normalized spacial score (nSPS) is 20.1. The molecule has 2 saturated heterocycles. The molecule has 0 aromatic carbocycles. The topological polar surface area (TPSA) is 139 Å². The van der Waals surface area contributed by atoms with Crippen molar-refractivity contribution in [3.05, 3.63) is 23.3 Å². The van der Waals surface area contributed by atoms with Gasteiger partial charge < -0.3 is 15.4 Å². The Hall–Kier alpha value is -2.45.